The number of benzene rings is 1. The Balaban J connectivity index is 2.82. The number of aromatic nitrogens is 1. The number of hydrogen-bond donors (Lipinski definition) is 2. The molecule has 1 amide bonds. The minimum atomic E-state index is -0.536. The Bertz CT molecular complexity index is 704. The van der Waals surface area contributed by atoms with Crippen LogP contribution in [-0.4, -0.2) is 22.1 Å². The van der Waals surface area contributed by atoms with Crippen LogP contribution in [0.2, 0.25) is 0 Å². The van der Waals surface area contributed by atoms with Gasteiger partial charge in [-0.3, -0.25) is 9.59 Å². The zero-order valence-electron chi connectivity index (χ0n) is 11.6. The van der Waals surface area contributed by atoms with Crippen LogP contribution in [0.15, 0.2) is 29.1 Å². The van der Waals surface area contributed by atoms with Crippen molar-refractivity contribution >= 4 is 16.8 Å². The third-order valence-electron chi connectivity index (χ3n) is 3.16. The van der Waals surface area contributed by atoms with Crippen LogP contribution in [0.25, 0.3) is 10.9 Å². The largest absolute Gasteiger partial charge is 0.506 e. The van der Waals surface area contributed by atoms with Crippen molar-refractivity contribution in [3.05, 3.63) is 40.2 Å². The lowest BCUT2D eigenvalue weighted by atomic mass is 10.1. The van der Waals surface area contributed by atoms with E-state index in [-0.39, 0.29) is 11.3 Å². The van der Waals surface area contributed by atoms with Crippen LogP contribution in [0.3, 0.4) is 0 Å². The molecule has 106 valence electrons. The highest BCUT2D eigenvalue weighted by Crippen LogP contribution is 2.26. The molecule has 0 radical (unpaired) electrons. The summed E-state index contributed by atoms with van der Waals surface area (Å²) in [6.45, 7) is 4.63. The number of carbonyl (C=O) groups is 1. The Morgan fingerprint density at radius 3 is 2.65 bits per heavy atom. The predicted molar refractivity (Wildman–Crippen MR) is 78.2 cm³/mol. The predicted octanol–water partition coefficient (Wildman–Crippen LogP) is 1.87. The Morgan fingerprint density at radius 2 is 2.00 bits per heavy atom. The van der Waals surface area contributed by atoms with E-state index in [4.69, 9.17) is 0 Å². The Labute approximate surface area is 116 Å². The number of nitrogens with zero attached hydrogens (tertiary/aromatic N) is 1. The van der Waals surface area contributed by atoms with E-state index in [0.717, 1.165) is 6.42 Å². The molecule has 2 rings (SSSR count). The third-order valence-corrected chi connectivity index (χ3v) is 3.16. The van der Waals surface area contributed by atoms with Gasteiger partial charge in [-0.1, -0.05) is 19.1 Å². The fourth-order valence-electron chi connectivity index (χ4n) is 2.29. The molecular weight excluding hydrogens is 256 g/mol. The quantitative estimate of drug-likeness (QED) is 0.894. The van der Waals surface area contributed by atoms with Gasteiger partial charge in [0.05, 0.1) is 5.52 Å². The van der Waals surface area contributed by atoms with Crippen molar-refractivity contribution in [1.29, 1.82) is 0 Å². The molecular formula is C15H18N2O3. The highest BCUT2D eigenvalue weighted by atomic mass is 16.3. The molecule has 0 saturated heterocycles. The highest BCUT2D eigenvalue weighted by molar-refractivity contribution is 6.02. The first kappa shape index (κ1) is 14.1. The number of amides is 1. The van der Waals surface area contributed by atoms with Gasteiger partial charge in [0.1, 0.15) is 11.3 Å². The van der Waals surface area contributed by atoms with Crippen molar-refractivity contribution in [1.82, 2.24) is 9.88 Å². The van der Waals surface area contributed by atoms with Gasteiger partial charge in [0, 0.05) is 18.5 Å². The number of rotatable bonds is 4. The zero-order valence-corrected chi connectivity index (χ0v) is 11.6. The molecule has 0 saturated carbocycles. The summed E-state index contributed by atoms with van der Waals surface area (Å²) < 4.78 is 1.54. The molecule has 0 atom stereocenters. The molecule has 0 spiro atoms. The smallest absolute Gasteiger partial charge is 0.267 e. The average molecular weight is 274 g/mol. The lowest BCUT2D eigenvalue weighted by Crippen LogP contribution is -2.33. The fourth-order valence-corrected chi connectivity index (χ4v) is 2.29. The molecule has 2 aromatic rings. The van der Waals surface area contributed by atoms with Gasteiger partial charge in [-0.25, -0.2) is 0 Å². The number of carbonyl (C=O) groups excluding carboxylic acids is 1. The van der Waals surface area contributed by atoms with Crippen LogP contribution in [0.1, 0.15) is 30.6 Å². The molecule has 0 aliphatic heterocycles. The highest BCUT2D eigenvalue weighted by Gasteiger charge is 2.21. The molecule has 5 nitrogen and oxygen atoms in total. The summed E-state index contributed by atoms with van der Waals surface area (Å²) in [6, 6.07) is 7.05. The third kappa shape index (κ3) is 2.27. The summed E-state index contributed by atoms with van der Waals surface area (Å²) in [6.07, 6.45) is 0.767. The van der Waals surface area contributed by atoms with Crippen LogP contribution in [0.5, 0.6) is 5.75 Å². The lowest BCUT2D eigenvalue weighted by molar-refractivity contribution is 0.0951. The number of nitrogens with one attached hydrogen (secondary N) is 1. The van der Waals surface area contributed by atoms with Crippen LogP contribution in [-0.2, 0) is 6.54 Å². The standard InChI is InChI=1S/C15H18N2O3/c1-3-9-17-11-8-6-5-7-10(11)13(18)12(15(17)20)14(19)16-4-2/h5-8,18H,3-4,9H2,1-2H3,(H,16,19). The second kappa shape index (κ2) is 5.77. The molecule has 1 aromatic carbocycles. The average Bonchev–Trinajstić information content (AvgIpc) is 2.44. The minimum absolute atomic E-state index is 0.181. The van der Waals surface area contributed by atoms with Crippen molar-refractivity contribution in [3.8, 4) is 5.75 Å². The first-order valence-electron chi connectivity index (χ1n) is 6.74. The number of hydrogen-bond acceptors (Lipinski definition) is 3. The first-order valence-corrected chi connectivity index (χ1v) is 6.74. The van der Waals surface area contributed by atoms with E-state index in [0.29, 0.717) is 24.0 Å². The summed E-state index contributed by atoms with van der Waals surface area (Å²) in [5.74, 6) is -0.783. The van der Waals surface area contributed by atoms with E-state index in [1.54, 1.807) is 35.8 Å². The maximum Gasteiger partial charge on any atom is 0.267 e. The monoisotopic (exact) mass is 274 g/mol. The number of aryl methyl sites for hydroxylation is 1. The lowest BCUT2D eigenvalue weighted by Gasteiger charge is -2.14. The summed E-state index contributed by atoms with van der Waals surface area (Å²) in [5, 5.41) is 13.3. The molecule has 0 bridgehead atoms. The van der Waals surface area contributed by atoms with Gasteiger partial charge in [-0.15, -0.1) is 0 Å². The van der Waals surface area contributed by atoms with E-state index in [1.165, 1.54) is 0 Å². The summed E-state index contributed by atoms with van der Waals surface area (Å²) in [5.41, 5.74) is 0.0119. The molecule has 1 heterocycles. The van der Waals surface area contributed by atoms with E-state index in [1.807, 2.05) is 6.92 Å². The van der Waals surface area contributed by atoms with Crippen LogP contribution in [0, 0.1) is 0 Å². The van der Waals surface area contributed by atoms with E-state index in [9.17, 15) is 14.7 Å². The molecule has 0 fully saturated rings. The fraction of sp³-hybridized carbons (Fsp3) is 0.333. The van der Waals surface area contributed by atoms with Gasteiger partial charge < -0.3 is 15.0 Å². The maximum absolute atomic E-state index is 12.5. The molecule has 0 unspecified atom stereocenters. The normalized spacial score (nSPS) is 10.7. The molecule has 0 aliphatic carbocycles. The molecule has 5 heteroatoms. The van der Waals surface area contributed by atoms with E-state index < -0.39 is 11.5 Å². The van der Waals surface area contributed by atoms with Crippen molar-refractivity contribution in [2.45, 2.75) is 26.8 Å². The first-order chi connectivity index (χ1) is 9.61. The number of para-hydroxylation sites is 1. The number of fused-ring (bicyclic) bond motifs is 1. The van der Waals surface area contributed by atoms with Crippen LogP contribution >= 0.6 is 0 Å². The summed E-state index contributed by atoms with van der Waals surface area (Å²) in [4.78, 5) is 24.5. The van der Waals surface area contributed by atoms with Gasteiger partial charge in [-0.2, -0.15) is 0 Å². The topological polar surface area (TPSA) is 71.3 Å². The Hall–Kier alpha value is -2.30. The zero-order chi connectivity index (χ0) is 14.7. The van der Waals surface area contributed by atoms with Crippen LogP contribution in [0.4, 0.5) is 0 Å². The van der Waals surface area contributed by atoms with Crippen LogP contribution < -0.4 is 10.9 Å². The van der Waals surface area contributed by atoms with Crippen molar-refractivity contribution < 1.29 is 9.90 Å². The Kier molecular flexibility index (Phi) is 4.08. The molecule has 20 heavy (non-hydrogen) atoms. The van der Waals surface area contributed by atoms with Gasteiger partial charge in [0.2, 0.25) is 0 Å². The summed E-state index contributed by atoms with van der Waals surface area (Å²) >= 11 is 0. The van der Waals surface area contributed by atoms with E-state index >= 15 is 0 Å². The van der Waals surface area contributed by atoms with Crippen molar-refractivity contribution in [2.75, 3.05) is 6.54 Å². The Morgan fingerprint density at radius 1 is 1.30 bits per heavy atom. The second-order valence-electron chi connectivity index (χ2n) is 4.56. The second-order valence-corrected chi connectivity index (χ2v) is 4.56. The SMILES string of the molecule is CCCn1c(=O)c(C(=O)NCC)c(O)c2ccccc21. The molecule has 0 aliphatic rings. The van der Waals surface area contributed by atoms with Gasteiger partial charge in [-0.05, 0) is 25.5 Å². The summed E-state index contributed by atoms with van der Waals surface area (Å²) in [7, 11) is 0. The number of aromatic hydroxyl groups is 1. The van der Waals surface area contributed by atoms with Crippen molar-refractivity contribution in [3.63, 3.8) is 0 Å². The maximum atomic E-state index is 12.5. The number of pyridine rings is 1. The van der Waals surface area contributed by atoms with Gasteiger partial charge >= 0.3 is 0 Å². The van der Waals surface area contributed by atoms with E-state index in [2.05, 4.69) is 5.32 Å². The van der Waals surface area contributed by atoms with Crippen molar-refractivity contribution in [2.24, 2.45) is 0 Å². The minimum Gasteiger partial charge on any atom is -0.506 e. The molecule has 2 N–H and O–H groups in total. The van der Waals surface area contributed by atoms with Gasteiger partial charge in [0.15, 0.2) is 0 Å². The molecule has 1 aromatic heterocycles. The van der Waals surface area contributed by atoms with Gasteiger partial charge in [0.25, 0.3) is 11.5 Å².